The van der Waals surface area contributed by atoms with Crippen molar-refractivity contribution in [2.45, 2.75) is 43.9 Å². The second kappa shape index (κ2) is 7.58. The minimum Gasteiger partial charge on any atom is -0.496 e. The van der Waals surface area contributed by atoms with Gasteiger partial charge in [0.2, 0.25) is 0 Å². The molecular weight excluding hydrogens is 264 g/mol. The summed E-state index contributed by atoms with van der Waals surface area (Å²) in [5, 5.41) is 2.58. The topological polar surface area (TPSA) is 9.23 Å². The van der Waals surface area contributed by atoms with Gasteiger partial charge in [-0.1, -0.05) is 44.4 Å². The fourth-order valence-electron chi connectivity index (χ4n) is 2.54. The zero-order chi connectivity index (χ0) is 14.4. The van der Waals surface area contributed by atoms with Gasteiger partial charge in [0.1, 0.15) is 5.75 Å². The molecule has 20 heavy (non-hydrogen) atoms. The standard InChI is InChI=1S/C18H24OS/c1-4-5-6-7-8-14-9-10-15-13-18(20-3)17(19-2)12-16(15)11-14/h9-13H,4-8H2,1-3H3. The van der Waals surface area contributed by atoms with Gasteiger partial charge in [0.05, 0.1) is 7.11 Å². The van der Waals surface area contributed by atoms with Crippen molar-refractivity contribution in [3.8, 4) is 5.75 Å². The summed E-state index contributed by atoms with van der Waals surface area (Å²) < 4.78 is 5.48. The molecule has 0 aliphatic rings. The Bertz CT molecular complexity index is 563. The highest BCUT2D eigenvalue weighted by atomic mass is 32.2. The van der Waals surface area contributed by atoms with E-state index in [4.69, 9.17) is 4.74 Å². The molecule has 2 aromatic rings. The molecule has 0 aromatic heterocycles. The Labute approximate surface area is 126 Å². The van der Waals surface area contributed by atoms with Crippen LogP contribution in [0.3, 0.4) is 0 Å². The van der Waals surface area contributed by atoms with Crippen molar-refractivity contribution in [2.24, 2.45) is 0 Å². The first-order chi connectivity index (χ1) is 9.78. The number of thioether (sulfide) groups is 1. The van der Waals surface area contributed by atoms with Crippen LogP contribution in [-0.4, -0.2) is 13.4 Å². The molecule has 0 aliphatic carbocycles. The van der Waals surface area contributed by atoms with E-state index < -0.39 is 0 Å². The van der Waals surface area contributed by atoms with Crippen molar-refractivity contribution in [1.29, 1.82) is 0 Å². The van der Waals surface area contributed by atoms with Gasteiger partial charge in [0.15, 0.2) is 0 Å². The van der Waals surface area contributed by atoms with Crippen LogP contribution >= 0.6 is 11.8 Å². The lowest BCUT2D eigenvalue weighted by molar-refractivity contribution is 0.405. The van der Waals surface area contributed by atoms with E-state index in [1.807, 2.05) is 0 Å². The van der Waals surface area contributed by atoms with Crippen molar-refractivity contribution < 1.29 is 4.74 Å². The first-order valence-corrected chi connectivity index (χ1v) is 8.65. The molecule has 0 spiro atoms. The lowest BCUT2D eigenvalue weighted by Crippen LogP contribution is -1.89. The van der Waals surface area contributed by atoms with Crippen LogP contribution in [0.25, 0.3) is 10.8 Å². The largest absolute Gasteiger partial charge is 0.496 e. The van der Waals surface area contributed by atoms with Gasteiger partial charge in [0, 0.05) is 4.90 Å². The number of methoxy groups -OCH3 is 1. The third-order valence-corrected chi connectivity index (χ3v) is 4.48. The molecule has 0 bridgehead atoms. The van der Waals surface area contributed by atoms with E-state index in [0.717, 1.165) is 5.75 Å². The van der Waals surface area contributed by atoms with E-state index in [1.54, 1.807) is 18.9 Å². The molecule has 2 heteroatoms. The monoisotopic (exact) mass is 288 g/mol. The van der Waals surface area contributed by atoms with Crippen LogP contribution < -0.4 is 4.74 Å². The second-order valence-corrected chi connectivity index (χ2v) is 6.05. The highest BCUT2D eigenvalue weighted by Gasteiger charge is 2.05. The smallest absolute Gasteiger partial charge is 0.133 e. The normalized spacial score (nSPS) is 10.9. The van der Waals surface area contributed by atoms with Crippen LogP contribution in [0.5, 0.6) is 5.75 Å². The second-order valence-electron chi connectivity index (χ2n) is 5.20. The molecule has 0 amide bonds. The van der Waals surface area contributed by atoms with Crippen LogP contribution in [0.15, 0.2) is 35.2 Å². The maximum absolute atomic E-state index is 5.48. The minimum absolute atomic E-state index is 0.980. The van der Waals surface area contributed by atoms with E-state index in [1.165, 1.54) is 53.3 Å². The lowest BCUT2D eigenvalue weighted by atomic mass is 10.0. The maximum atomic E-state index is 5.48. The number of unbranched alkanes of at least 4 members (excludes halogenated alkanes) is 3. The molecule has 0 fully saturated rings. The molecule has 2 aromatic carbocycles. The summed E-state index contributed by atoms with van der Waals surface area (Å²) in [6.45, 7) is 2.26. The maximum Gasteiger partial charge on any atom is 0.133 e. The molecule has 1 nitrogen and oxygen atoms in total. The Kier molecular flexibility index (Phi) is 5.78. The quantitative estimate of drug-likeness (QED) is 0.478. The van der Waals surface area contributed by atoms with Gasteiger partial charge in [-0.05, 0) is 47.6 Å². The number of rotatable bonds is 7. The zero-order valence-corrected chi connectivity index (χ0v) is 13.6. The molecule has 0 unspecified atom stereocenters. The summed E-state index contributed by atoms with van der Waals surface area (Å²) >= 11 is 1.73. The molecule has 0 heterocycles. The number of hydrogen-bond donors (Lipinski definition) is 0. The number of fused-ring (bicyclic) bond motifs is 1. The molecule has 0 atom stereocenters. The van der Waals surface area contributed by atoms with Gasteiger partial charge in [-0.15, -0.1) is 11.8 Å². The highest BCUT2D eigenvalue weighted by molar-refractivity contribution is 7.98. The molecule has 0 saturated heterocycles. The van der Waals surface area contributed by atoms with Crippen LogP contribution in [0, 0.1) is 0 Å². The van der Waals surface area contributed by atoms with Gasteiger partial charge in [-0.3, -0.25) is 0 Å². The van der Waals surface area contributed by atoms with Crippen LogP contribution in [0.1, 0.15) is 38.2 Å². The molecular formula is C18H24OS. The van der Waals surface area contributed by atoms with Crippen LogP contribution in [0.4, 0.5) is 0 Å². The first-order valence-electron chi connectivity index (χ1n) is 7.43. The average molecular weight is 288 g/mol. The van der Waals surface area contributed by atoms with Crippen molar-refractivity contribution in [2.75, 3.05) is 13.4 Å². The van der Waals surface area contributed by atoms with Gasteiger partial charge in [-0.25, -0.2) is 0 Å². The van der Waals surface area contributed by atoms with Crippen LogP contribution in [0.2, 0.25) is 0 Å². The summed E-state index contributed by atoms with van der Waals surface area (Å²) in [6, 6.07) is 11.2. The van der Waals surface area contributed by atoms with Gasteiger partial charge < -0.3 is 4.74 Å². The molecule has 2 rings (SSSR count). The van der Waals surface area contributed by atoms with E-state index in [2.05, 4.69) is 43.5 Å². The fraction of sp³-hybridized carbons (Fsp3) is 0.444. The predicted molar refractivity (Wildman–Crippen MR) is 90.1 cm³/mol. The van der Waals surface area contributed by atoms with E-state index >= 15 is 0 Å². The summed E-state index contributed by atoms with van der Waals surface area (Å²) in [7, 11) is 1.75. The Balaban J connectivity index is 2.20. The number of hydrogen-bond acceptors (Lipinski definition) is 2. The Morgan fingerprint density at radius 1 is 1.00 bits per heavy atom. The van der Waals surface area contributed by atoms with Crippen molar-refractivity contribution in [1.82, 2.24) is 0 Å². The first kappa shape index (κ1) is 15.2. The van der Waals surface area contributed by atoms with Crippen molar-refractivity contribution >= 4 is 22.5 Å². The molecule has 0 aliphatic heterocycles. The summed E-state index contributed by atoms with van der Waals surface area (Å²) in [5.41, 5.74) is 1.44. The fourth-order valence-corrected chi connectivity index (χ4v) is 3.12. The van der Waals surface area contributed by atoms with Crippen molar-refractivity contribution in [3.63, 3.8) is 0 Å². The SMILES string of the molecule is CCCCCCc1ccc2cc(SC)c(OC)cc2c1. The highest BCUT2D eigenvalue weighted by Crippen LogP contribution is 2.32. The van der Waals surface area contributed by atoms with E-state index in [0.29, 0.717) is 0 Å². The number of benzene rings is 2. The zero-order valence-electron chi connectivity index (χ0n) is 12.7. The van der Waals surface area contributed by atoms with Gasteiger partial charge >= 0.3 is 0 Å². The molecule has 0 N–H and O–H groups in total. The van der Waals surface area contributed by atoms with Gasteiger partial charge in [-0.2, -0.15) is 0 Å². The minimum atomic E-state index is 0.980. The van der Waals surface area contributed by atoms with E-state index in [-0.39, 0.29) is 0 Å². The Hall–Kier alpha value is -1.15. The summed E-state index contributed by atoms with van der Waals surface area (Å²) in [5.74, 6) is 0.980. The van der Waals surface area contributed by atoms with Crippen LogP contribution in [-0.2, 0) is 6.42 Å². The molecule has 108 valence electrons. The lowest BCUT2D eigenvalue weighted by Gasteiger charge is -2.10. The number of ether oxygens (including phenoxy) is 1. The van der Waals surface area contributed by atoms with Crippen molar-refractivity contribution in [3.05, 3.63) is 35.9 Å². The predicted octanol–water partition coefficient (Wildman–Crippen LogP) is 5.69. The molecule has 0 saturated carbocycles. The summed E-state index contributed by atoms with van der Waals surface area (Å²) in [4.78, 5) is 1.20. The third-order valence-electron chi connectivity index (χ3n) is 3.73. The van der Waals surface area contributed by atoms with E-state index in [9.17, 15) is 0 Å². The Morgan fingerprint density at radius 2 is 1.85 bits per heavy atom. The summed E-state index contributed by atoms with van der Waals surface area (Å²) in [6.07, 6.45) is 8.54. The molecule has 0 radical (unpaired) electrons. The van der Waals surface area contributed by atoms with Gasteiger partial charge in [0.25, 0.3) is 0 Å². The Morgan fingerprint density at radius 3 is 2.55 bits per heavy atom. The number of aryl methyl sites for hydroxylation is 1. The average Bonchev–Trinajstić information content (AvgIpc) is 2.50. The third kappa shape index (κ3) is 3.69.